The summed E-state index contributed by atoms with van der Waals surface area (Å²) in [6.07, 6.45) is 4.98. The van der Waals surface area contributed by atoms with E-state index in [0.717, 1.165) is 34.3 Å². The van der Waals surface area contributed by atoms with Crippen molar-refractivity contribution in [3.63, 3.8) is 0 Å². The molecule has 0 amide bonds. The molecule has 0 fully saturated rings. The number of aromatic amines is 1. The monoisotopic (exact) mass is 345 g/mol. The molecule has 0 atom stereocenters. The minimum atomic E-state index is 0.915. The third-order valence-electron chi connectivity index (χ3n) is 4.57. The van der Waals surface area contributed by atoms with E-state index in [0.29, 0.717) is 0 Å². The molecule has 0 spiro atoms. The third kappa shape index (κ3) is 2.89. The second-order valence-corrected chi connectivity index (χ2v) is 6.25. The molecular formula is C21H19N3S. The predicted octanol–water partition coefficient (Wildman–Crippen LogP) is 5.72. The van der Waals surface area contributed by atoms with Crippen molar-refractivity contribution >= 4 is 29.5 Å². The molecule has 124 valence electrons. The van der Waals surface area contributed by atoms with Gasteiger partial charge in [-0.3, -0.25) is 0 Å². The van der Waals surface area contributed by atoms with Crippen LogP contribution in [0.4, 0.5) is 5.69 Å². The molecular weight excluding hydrogens is 326 g/mol. The lowest BCUT2D eigenvalue weighted by Crippen LogP contribution is -1.87. The number of pyridine rings is 1. The fourth-order valence-corrected chi connectivity index (χ4v) is 3.36. The van der Waals surface area contributed by atoms with Crippen LogP contribution in [0, 0.1) is 0 Å². The van der Waals surface area contributed by atoms with Gasteiger partial charge in [0.05, 0.1) is 0 Å². The molecule has 0 unspecified atom stereocenters. The summed E-state index contributed by atoms with van der Waals surface area (Å²) in [6, 6.07) is 18.9. The number of hydrogen-bond acceptors (Lipinski definition) is 3. The summed E-state index contributed by atoms with van der Waals surface area (Å²) in [5, 5.41) is 1.15. The molecule has 0 saturated heterocycles. The van der Waals surface area contributed by atoms with Crippen molar-refractivity contribution in [2.24, 2.45) is 0 Å². The van der Waals surface area contributed by atoms with E-state index in [-0.39, 0.29) is 0 Å². The third-order valence-corrected chi connectivity index (χ3v) is 4.83. The number of hydrogen-bond donors (Lipinski definition) is 3. The molecule has 0 aliphatic carbocycles. The fraction of sp³-hybridized carbons (Fsp3) is 0.0952. The van der Waals surface area contributed by atoms with Gasteiger partial charge in [0, 0.05) is 34.6 Å². The molecule has 2 heterocycles. The van der Waals surface area contributed by atoms with Crippen LogP contribution in [0.25, 0.3) is 33.3 Å². The first-order chi connectivity index (χ1) is 12.3. The number of nitrogens with zero attached hydrogens (tertiary/aromatic N) is 1. The number of aromatic nitrogens is 2. The highest BCUT2D eigenvalue weighted by Gasteiger charge is 2.11. The van der Waals surface area contributed by atoms with Gasteiger partial charge in [0.25, 0.3) is 0 Å². The Balaban J connectivity index is 1.85. The predicted molar refractivity (Wildman–Crippen MR) is 109 cm³/mol. The standard InChI is InChI=1S/C21H19N3S/c1-2-14-5-3-4-6-18(14)20-13-23-21-19(20)11-16(12-22-21)15-7-9-17(24-25)10-8-15/h3-13,24-25H,2H2,1H3,(H,22,23). The van der Waals surface area contributed by atoms with Crippen LogP contribution in [-0.2, 0) is 6.42 Å². The molecule has 3 nitrogen and oxygen atoms in total. The number of H-pyrrole nitrogens is 1. The van der Waals surface area contributed by atoms with Crippen LogP contribution < -0.4 is 4.72 Å². The second kappa shape index (κ2) is 6.65. The maximum atomic E-state index is 4.62. The largest absolute Gasteiger partial charge is 0.346 e. The van der Waals surface area contributed by atoms with E-state index in [4.69, 9.17) is 0 Å². The molecule has 4 rings (SSSR count). The molecule has 4 heteroatoms. The van der Waals surface area contributed by atoms with Crippen molar-refractivity contribution in [3.8, 4) is 22.3 Å². The second-order valence-electron chi connectivity index (χ2n) is 6.02. The van der Waals surface area contributed by atoms with E-state index in [2.05, 4.69) is 83.1 Å². The molecule has 2 aromatic carbocycles. The summed E-state index contributed by atoms with van der Waals surface area (Å²) in [6.45, 7) is 2.19. The van der Waals surface area contributed by atoms with Crippen molar-refractivity contribution in [1.29, 1.82) is 0 Å². The van der Waals surface area contributed by atoms with E-state index in [1.807, 2.05) is 18.3 Å². The molecule has 0 bridgehead atoms. The normalized spacial score (nSPS) is 11.0. The Morgan fingerprint density at radius 2 is 1.80 bits per heavy atom. The molecule has 2 N–H and O–H groups in total. The van der Waals surface area contributed by atoms with Crippen molar-refractivity contribution < 1.29 is 0 Å². The van der Waals surface area contributed by atoms with Gasteiger partial charge in [-0.1, -0.05) is 56.1 Å². The zero-order chi connectivity index (χ0) is 17.2. The summed E-state index contributed by atoms with van der Waals surface area (Å²) < 4.78 is 2.85. The van der Waals surface area contributed by atoms with E-state index < -0.39 is 0 Å². The first-order valence-corrected chi connectivity index (χ1v) is 8.81. The Kier molecular flexibility index (Phi) is 4.20. The van der Waals surface area contributed by atoms with Gasteiger partial charge in [-0.05, 0) is 41.3 Å². The van der Waals surface area contributed by atoms with Crippen LogP contribution in [-0.4, -0.2) is 9.97 Å². The number of aryl methyl sites for hydroxylation is 1. The summed E-state index contributed by atoms with van der Waals surface area (Å²) in [5.41, 5.74) is 7.95. The summed E-state index contributed by atoms with van der Waals surface area (Å²) >= 11 is 4.08. The minimum absolute atomic E-state index is 0.915. The zero-order valence-electron chi connectivity index (χ0n) is 14.0. The van der Waals surface area contributed by atoms with Crippen LogP contribution >= 0.6 is 12.8 Å². The van der Waals surface area contributed by atoms with Gasteiger partial charge in [-0.2, -0.15) is 0 Å². The Hall–Kier alpha value is -2.72. The van der Waals surface area contributed by atoms with E-state index in [1.54, 1.807) is 0 Å². The lowest BCUT2D eigenvalue weighted by molar-refractivity contribution is 1.14. The van der Waals surface area contributed by atoms with Gasteiger partial charge in [0.2, 0.25) is 0 Å². The Morgan fingerprint density at radius 3 is 2.56 bits per heavy atom. The molecule has 0 aliphatic heterocycles. The Bertz CT molecular complexity index is 1020. The van der Waals surface area contributed by atoms with Crippen LogP contribution in [0.1, 0.15) is 12.5 Å². The van der Waals surface area contributed by atoms with Crippen molar-refractivity contribution in [3.05, 3.63) is 72.6 Å². The topological polar surface area (TPSA) is 40.7 Å². The highest BCUT2D eigenvalue weighted by atomic mass is 32.1. The maximum absolute atomic E-state index is 4.62. The average molecular weight is 345 g/mol. The highest BCUT2D eigenvalue weighted by Crippen LogP contribution is 2.33. The van der Waals surface area contributed by atoms with Gasteiger partial charge in [-0.25, -0.2) is 4.98 Å². The molecule has 0 aliphatic rings. The first kappa shape index (κ1) is 15.8. The lowest BCUT2D eigenvalue weighted by Gasteiger charge is -2.08. The van der Waals surface area contributed by atoms with Crippen LogP contribution in [0.2, 0.25) is 0 Å². The summed E-state index contributed by atoms with van der Waals surface area (Å²) in [5.74, 6) is 0. The smallest absolute Gasteiger partial charge is 0.137 e. The van der Waals surface area contributed by atoms with Gasteiger partial charge >= 0.3 is 0 Å². The number of rotatable bonds is 4. The van der Waals surface area contributed by atoms with Gasteiger partial charge < -0.3 is 9.71 Å². The lowest BCUT2D eigenvalue weighted by atomic mass is 9.97. The fourth-order valence-electron chi connectivity index (χ4n) is 3.21. The van der Waals surface area contributed by atoms with Crippen molar-refractivity contribution in [1.82, 2.24) is 9.97 Å². The SMILES string of the molecule is CCc1ccccc1-c1c[nH]c2ncc(-c3ccc(NS)cc3)cc12. The first-order valence-electron chi connectivity index (χ1n) is 8.36. The van der Waals surface area contributed by atoms with Crippen LogP contribution in [0.3, 0.4) is 0 Å². The van der Waals surface area contributed by atoms with Gasteiger partial charge in [0.1, 0.15) is 5.65 Å². The van der Waals surface area contributed by atoms with Crippen LogP contribution in [0.15, 0.2) is 67.0 Å². The van der Waals surface area contributed by atoms with Crippen molar-refractivity contribution in [2.75, 3.05) is 4.72 Å². The Labute approximate surface area is 152 Å². The molecule has 0 radical (unpaired) electrons. The van der Waals surface area contributed by atoms with E-state index in [9.17, 15) is 0 Å². The number of fused-ring (bicyclic) bond motifs is 1. The summed E-state index contributed by atoms with van der Waals surface area (Å²) in [4.78, 5) is 7.92. The number of benzene rings is 2. The minimum Gasteiger partial charge on any atom is -0.346 e. The van der Waals surface area contributed by atoms with E-state index in [1.165, 1.54) is 16.7 Å². The zero-order valence-corrected chi connectivity index (χ0v) is 14.8. The van der Waals surface area contributed by atoms with Gasteiger partial charge in [-0.15, -0.1) is 0 Å². The Morgan fingerprint density at radius 1 is 1.00 bits per heavy atom. The van der Waals surface area contributed by atoms with Gasteiger partial charge in [0.15, 0.2) is 0 Å². The molecule has 4 aromatic rings. The summed E-state index contributed by atoms with van der Waals surface area (Å²) in [7, 11) is 0. The van der Waals surface area contributed by atoms with Crippen LogP contribution in [0.5, 0.6) is 0 Å². The molecule has 25 heavy (non-hydrogen) atoms. The number of anilines is 1. The molecule has 2 aromatic heterocycles. The molecule has 0 saturated carbocycles. The van der Waals surface area contributed by atoms with E-state index >= 15 is 0 Å². The quantitative estimate of drug-likeness (QED) is 0.414. The number of thiol groups is 1. The maximum Gasteiger partial charge on any atom is 0.137 e. The average Bonchev–Trinajstić information content (AvgIpc) is 3.11. The van der Waals surface area contributed by atoms with Crippen molar-refractivity contribution in [2.45, 2.75) is 13.3 Å². The number of nitrogens with one attached hydrogen (secondary N) is 2. The highest BCUT2D eigenvalue weighted by molar-refractivity contribution is 7.81.